The van der Waals surface area contributed by atoms with Gasteiger partial charge in [-0.15, -0.1) is 0 Å². The van der Waals surface area contributed by atoms with Gasteiger partial charge in [-0.2, -0.15) is 8.78 Å². The first-order valence-corrected chi connectivity index (χ1v) is 10.2. The number of aromatic nitrogens is 2. The maximum Gasteiger partial charge on any atom is 0.319 e. The van der Waals surface area contributed by atoms with Gasteiger partial charge in [-0.3, -0.25) is 9.36 Å². The maximum atomic E-state index is 12.9. The van der Waals surface area contributed by atoms with E-state index in [0.29, 0.717) is 19.0 Å². The number of amides is 1. The van der Waals surface area contributed by atoms with Crippen LogP contribution >= 0.6 is 0 Å². The third-order valence-electron chi connectivity index (χ3n) is 5.48. The van der Waals surface area contributed by atoms with Crippen LogP contribution in [0.2, 0.25) is 0 Å². The number of guanidine groups is 1. The second-order valence-corrected chi connectivity index (χ2v) is 7.47. The topological polar surface area (TPSA) is 74.6 Å². The maximum absolute atomic E-state index is 12.9. The van der Waals surface area contributed by atoms with Gasteiger partial charge in [0.2, 0.25) is 5.91 Å². The summed E-state index contributed by atoms with van der Waals surface area (Å²) >= 11 is 0. The molecule has 1 aromatic heterocycles. The van der Waals surface area contributed by atoms with Crippen LogP contribution in [0, 0.1) is 5.92 Å². The number of likely N-dealkylation sites (tertiary alicyclic amines) is 1. The predicted molar refractivity (Wildman–Crippen MR) is 103 cm³/mol. The number of nitrogens with zero attached hydrogens (tertiary/aromatic N) is 4. The quantitative estimate of drug-likeness (QED) is 0.572. The first kappa shape index (κ1) is 20.5. The van der Waals surface area contributed by atoms with Crippen LogP contribution in [0.4, 0.5) is 8.78 Å². The summed E-state index contributed by atoms with van der Waals surface area (Å²) in [7, 11) is 0. The Balaban J connectivity index is 1.55. The highest BCUT2D eigenvalue weighted by atomic mass is 19.3. The Morgan fingerprint density at radius 1 is 1.32 bits per heavy atom. The molecule has 28 heavy (non-hydrogen) atoms. The van der Waals surface area contributed by atoms with Crippen LogP contribution in [-0.4, -0.2) is 52.0 Å². The van der Waals surface area contributed by atoms with Crippen LogP contribution in [0.15, 0.2) is 17.4 Å². The molecule has 1 saturated carbocycles. The fourth-order valence-corrected chi connectivity index (χ4v) is 3.99. The van der Waals surface area contributed by atoms with E-state index in [1.54, 1.807) is 0 Å². The number of alkyl halides is 2. The molecule has 1 aliphatic heterocycles. The van der Waals surface area contributed by atoms with Crippen molar-refractivity contribution in [3.8, 4) is 0 Å². The van der Waals surface area contributed by atoms with Crippen LogP contribution < -0.4 is 10.6 Å². The third kappa shape index (κ3) is 5.20. The minimum Gasteiger partial charge on any atom is -0.357 e. The molecule has 9 heteroatoms. The summed E-state index contributed by atoms with van der Waals surface area (Å²) in [5.74, 6) is 1.24. The second kappa shape index (κ2) is 9.84. The Morgan fingerprint density at radius 2 is 2.11 bits per heavy atom. The number of imidazole rings is 1. The average molecular weight is 396 g/mol. The number of carbonyl (C=O) groups excluding carboxylic acids is 1. The monoisotopic (exact) mass is 396 g/mol. The van der Waals surface area contributed by atoms with E-state index in [1.807, 2.05) is 11.8 Å². The molecular formula is C19H30F2N6O. The van der Waals surface area contributed by atoms with Crippen LogP contribution in [0.1, 0.15) is 57.8 Å². The lowest BCUT2D eigenvalue weighted by atomic mass is 9.88. The third-order valence-corrected chi connectivity index (χ3v) is 5.48. The van der Waals surface area contributed by atoms with Crippen LogP contribution in [0.3, 0.4) is 0 Å². The Labute approximate surface area is 164 Å². The normalized spacial score (nSPS) is 21.4. The van der Waals surface area contributed by atoms with E-state index < -0.39 is 6.55 Å². The van der Waals surface area contributed by atoms with Crippen molar-refractivity contribution < 1.29 is 13.6 Å². The van der Waals surface area contributed by atoms with E-state index in [0.717, 1.165) is 43.2 Å². The molecule has 1 unspecified atom stereocenters. The number of carbonyl (C=O) groups is 1. The Kier molecular flexibility index (Phi) is 7.22. The van der Waals surface area contributed by atoms with Gasteiger partial charge >= 0.3 is 6.55 Å². The molecule has 0 aromatic carbocycles. The summed E-state index contributed by atoms with van der Waals surface area (Å²) in [6.07, 6.45) is 9.01. The molecule has 2 fully saturated rings. The smallest absolute Gasteiger partial charge is 0.319 e. The Morgan fingerprint density at radius 3 is 2.82 bits per heavy atom. The lowest BCUT2D eigenvalue weighted by molar-refractivity contribution is -0.135. The molecule has 1 aromatic rings. The molecule has 0 spiro atoms. The molecule has 1 amide bonds. The Bertz CT molecular complexity index is 671. The summed E-state index contributed by atoms with van der Waals surface area (Å²) in [5.41, 5.74) is 0. The van der Waals surface area contributed by atoms with Crippen LogP contribution in [0.25, 0.3) is 0 Å². The highest BCUT2D eigenvalue weighted by Crippen LogP contribution is 2.26. The number of rotatable bonds is 6. The lowest BCUT2D eigenvalue weighted by Crippen LogP contribution is -2.45. The zero-order valence-corrected chi connectivity index (χ0v) is 16.4. The van der Waals surface area contributed by atoms with Gasteiger partial charge in [0, 0.05) is 44.0 Å². The van der Waals surface area contributed by atoms with Gasteiger partial charge in [0.1, 0.15) is 12.4 Å². The first-order valence-electron chi connectivity index (χ1n) is 10.2. The minimum absolute atomic E-state index is 0.0596. The molecule has 156 valence electrons. The summed E-state index contributed by atoms with van der Waals surface area (Å²) in [6.45, 7) is 1.45. The van der Waals surface area contributed by atoms with Crippen molar-refractivity contribution in [3.63, 3.8) is 0 Å². The van der Waals surface area contributed by atoms with Gasteiger partial charge in [0.25, 0.3) is 0 Å². The molecule has 2 aliphatic rings. The highest BCUT2D eigenvalue weighted by molar-refractivity contribution is 5.81. The summed E-state index contributed by atoms with van der Waals surface area (Å²) in [6, 6.07) is 0.111. The van der Waals surface area contributed by atoms with Crippen molar-refractivity contribution in [2.24, 2.45) is 10.9 Å². The van der Waals surface area contributed by atoms with Crippen LogP contribution in [0.5, 0.6) is 0 Å². The van der Waals surface area contributed by atoms with Gasteiger partial charge in [-0.1, -0.05) is 19.3 Å². The van der Waals surface area contributed by atoms with Gasteiger partial charge in [0.15, 0.2) is 5.96 Å². The fraction of sp³-hybridized carbons (Fsp3) is 0.737. The van der Waals surface area contributed by atoms with Crippen molar-refractivity contribution in [1.29, 1.82) is 0 Å². The summed E-state index contributed by atoms with van der Waals surface area (Å²) < 4.78 is 26.7. The fourth-order valence-electron chi connectivity index (χ4n) is 3.99. The molecular weight excluding hydrogens is 366 g/mol. The SMILES string of the molecule is CCNC(=NCc1nccn1C(F)F)NC1CCN(C(=O)C2CCCCC2)C1. The van der Waals surface area contributed by atoms with Gasteiger partial charge in [0.05, 0.1) is 0 Å². The number of aliphatic imine (C=N–C) groups is 1. The second-order valence-electron chi connectivity index (χ2n) is 7.47. The molecule has 0 bridgehead atoms. The van der Waals surface area contributed by atoms with Gasteiger partial charge in [-0.05, 0) is 26.2 Å². The summed E-state index contributed by atoms with van der Waals surface area (Å²) in [4.78, 5) is 23.0. The molecule has 7 nitrogen and oxygen atoms in total. The largest absolute Gasteiger partial charge is 0.357 e. The van der Waals surface area contributed by atoms with Crippen molar-refractivity contribution in [2.75, 3.05) is 19.6 Å². The zero-order valence-electron chi connectivity index (χ0n) is 16.4. The predicted octanol–water partition coefficient (Wildman–Crippen LogP) is 2.51. The van der Waals surface area contributed by atoms with Gasteiger partial charge < -0.3 is 15.5 Å². The number of hydrogen-bond donors (Lipinski definition) is 2. The van der Waals surface area contributed by atoms with E-state index in [-0.39, 0.29) is 30.2 Å². The first-order chi connectivity index (χ1) is 13.6. The average Bonchev–Trinajstić information content (AvgIpc) is 3.36. The molecule has 2 N–H and O–H groups in total. The van der Waals surface area contributed by atoms with Gasteiger partial charge in [-0.25, -0.2) is 9.98 Å². The Hall–Kier alpha value is -2.19. The molecule has 2 heterocycles. The minimum atomic E-state index is -2.63. The molecule has 1 atom stereocenters. The van der Waals surface area contributed by atoms with Crippen molar-refractivity contribution in [2.45, 2.75) is 64.6 Å². The van der Waals surface area contributed by atoms with Crippen molar-refractivity contribution in [1.82, 2.24) is 25.1 Å². The highest BCUT2D eigenvalue weighted by Gasteiger charge is 2.31. The molecule has 0 radical (unpaired) electrons. The van der Waals surface area contributed by atoms with E-state index in [4.69, 9.17) is 0 Å². The number of halogens is 2. The van der Waals surface area contributed by atoms with E-state index >= 15 is 0 Å². The molecule has 3 rings (SSSR count). The van der Waals surface area contributed by atoms with Crippen molar-refractivity contribution >= 4 is 11.9 Å². The van der Waals surface area contributed by atoms with E-state index in [9.17, 15) is 13.6 Å². The number of hydrogen-bond acceptors (Lipinski definition) is 3. The number of nitrogens with one attached hydrogen (secondary N) is 2. The van der Waals surface area contributed by atoms with Crippen molar-refractivity contribution in [3.05, 3.63) is 18.2 Å². The molecule has 1 saturated heterocycles. The summed E-state index contributed by atoms with van der Waals surface area (Å²) in [5, 5.41) is 6.48. The standard InChI is InChI=1S/C19H30F2N6O/c1-2-22-19(24-12-16-23-9-11-27(16)18(20)21)25-15-8-10-26(13-15)17(28)14-6-4-3-5-7-14/h9,11,14-15,18H,2-8,10,12-13H2,1H3,(H2,22,24,25). The molecule has 1 aliphatic carbocycles. The van der Waals surface area contributed by atoms with E-state index in [1.165, 1.54) is 18.8 Å². The van der Waals surface area contributed by atoms with Crippen LogP contribution in [-0.2, 0) is 11.3 Å². The zero-order chi connectivity index (χ0) is 19.9. The lowest BCUT2D eigenvalue weighted by Gasteiger charge is -2.26. The van der Waals surface area contributed by atoms with E-state index in [2.05, 4.69) is 20.6 Å².